The highest BCUT2D eigenvalue weighted by Crippen LogP contribution is 2.30. The molecular weight excluding hydrogens is 196 g/mol. The van der Waals surface area contributed by atoms with Crippen LogP contribution in [0.2, 0.25) is 0 Å². The van der Waals surface area contributed by atoms with Crippen LogP contribution in [-0.4, -0.2) is 17.9 Å². The quantitative estimate of drug-likeness (QED) is 0.759. The molecule has 1 heterocycles. The molecule has 2 atom stereocenters. The maximum Gasteiger partial charge on any atom is 0.0973 e. The molecule has 2 saturated carbocycles. The zero-order chi connectivity index (χ0) is 10.8. The molecule has 3 aliphatic rings. The van der Waals surface area contributed by atoms with Crippen molar-refractivity contribution in [3.8, 4) is 0 Å². The van der Waals surface area contributed by atoms with Crippen LogP contribution in [0, 0.1) is 5.92 Å². The van der Waals surface area contributed by atoms with Gasteiger partial charge in [-0.2, -0.15) is 0 Å². The van der Waals surface area contributed by atoms with E-state index in [2.05, 4.69) is 5.32 Å². The maximum absolute atomic E-state index is 4.91. The first-order valence-electron chi connectivity index (χ1n) is 7.25. The molecule has 1 N–H and O–H groups in total. The molecule has 0 aromatic carbocycles. The van der Waals surface area contributed by atoms with Gasteiger partial charge in [0, 0.05) is 12.5 Å². The van der Waals surface area contributed by atoms with E-state index in [1.807, 2.05) is 0 Å². The van der Waals surface area contributed by atoms with E-state index in [4.69, 9.17) is 4.99 Å². The fraction of sp³-hybridized carbons (Fsp3) is 0.929. The average molecular weight is 220 g/mol. The van der Waals surface area contributed by atoms with Gasteiger partial charge in [-0.15, -0.1) is 0 Å². The smallest absolute Gasteiger partial charge is 0.0973 e. The fourth-order valence-corrected chi connectivity index (χ4v) is 3.66. The lowest BCUT2D eigenvalue weighted by molar-refractivity contribution is 0.364. The normalized spacial score (nSPS) is 35.4. The van der Waals surface area contributed by atoms with Crippen LogP contribution < -0.4 is 5.32 Å². The summed E-state index contributed by atoms with van der Waals surface area (Å²) in [5.41, 5.74) is 0. The van der Waals surface area contributed by atoms with Crippen LogP contribution in [0.3, 0.4) is 0 Å². The van der Waals surface area contributed by atoms with Gasteiger partial charge in [-0.05, 0) is 18.8 Å². The highest BCUT2D eigenvalue weighted by Gasteiger charge is 2.31. The van der Waals surface area contributed by atoms with E-state index in [1.165, 1.54) is 70.0 Å². The molecule has 90 valence electrons. The van der Waals surface area contributed by atoms with Crippen LogP contribution in [-0.2, 0) is 0 Å². The summed E-state index contributed by atoms with van der Waals surface area (Å²) in [7, 11) is 0. The third-order valence-electron chi connectivity index (χ3n) is 4.61. The van der Waals surface area contributed by atoms with Gasteiger partial charge in [-0.3, -0.25) is 4.99 Å². The van der Waals surface area contributed by atoms with Gasteiger partial charge in [0.25, 0.3) is 0 Å². The molecule has 0 aromatic heterocycles. The number of fused-ring (bicyclic) bond motifs is 1. The van der Waals surface area contributed by atoms with Crippen LogP contribution in [0.25, 0.3) is 0 Å². The number of amidine groups is 1. The predicted molar refractivity (Wildman–Crippen MR) is 67.8 cm³/mol. The zero-order valence-electron chi connectivity index (χ0n) is 10.3. The largest absolute Gasteiger partial charge is 0.369 e. The molecule has 1 aliphatic heterocycles. The zero-order valence-corrected chi connectivity index (χ0v) is 10.3. The van der Waals surface area contributed by atoms with Gasteiger partial charge in [0.05, 0.1) is 11.9 Å². The highest BCUT2D eigenvalue weighted by molar-refractivity contribution is 5.84. The summed E-state index contributed by atoms with van der Waals surface area (Å²) < 4.78 is 0. The van der Waals surface area contributed by atoms with Crippen molar-refractivity contribution in [2.24, 2.45) is 10.9 Å². The Bertz CT molecular complexity index is 266. The van der Waals surface area contributed by atoms with Crippen molar-refractivity contribution in [3.63, 3.8) is 0 Å². The predicted octanol–water partition coefficient (Wildman–Crippen LogP) is 3.27. The van der Waals surface area contributed by atoms with Gasteiger partial charge < -0.3 is 5.32 Å². The van der Waals surface area contributed by atoms with E-state index in [0.717, 1.165) is 5.92 Å². The van der Waals surface area contributed by atoms with Crippen molar-refractivity contribution in [1.82, 2.24) is 5.32 Å². The number of nitrogens with one attached hydrogen (secondary N) is 1. The molecule has 2 nitrogen and oxygen atoms in total. The summed E-state index contributed by atoms with van der Waals surface area (Å²) in [4.78, 5) is 4.91. The Balaban J connectivity index is 1.55. The van der Waals surface area contributed by atoms with Crippen LogP contribution in [0.15, 0.2) is 4.99 Å². The molecule has 16 heavy (non-hydrogen) atoms. The molecule has 0 amide bonds. The molecule has 3 rings (SSSR count). The number of hydrogen-bond acceptors (Lipinski definition) is 2. The van der Waals surface area contributed by atoms with E-state index in [1.54, 1.807) is 0 Å². The second kappa shape index (κ2) is 4.77. The van der Waals surface area contributed by atoms with E-state index in [0.29, 0.717) is 12.1 Å². The van der Waals surface area contributed by atoms with E-state index in [9.17, 15) is 0 Å². The SMILES string of the molecule is C1CCC(CC2=NC3CCCCC3N2)CC1. The Labute approximate surface area is 98.9 Å². The van der Waals surface area contributed by atoms with Crippen LogP contribution in [0.4, 0.5) is 0 Å². The van der Waals surface area contributed by atoms with Crippen LogP contribution >= 0.6 is 0 Å². The molecule has 2 fully saturated rings. The molecule has 2 unspecified atom stereocenters. The Morgan fingerprint density at radius 3 is 2.50 bits per heavy atom. The van der Waals surface area contributed by atoms with Gasteiger partial charge in [0.1, 0.15) is 0 Å². The molecule has 0 aromatic rings. The number of rotatable bonds is 2. The highest BCUT2D eigenvalue weighted by atomic mass is 15.1. The Hall–Kier alpha value is -0.530. The third kappa shape index (κ3) is 2.26. The first-order chi connectivity index (χ1) is 7.92. The molecule has 2 aliphatic carbocycles. The molecular formula is C14H24N2. The lowest BCUT2D eigenvalue weighted by atomic mass is 9.86. The minimum absolute atomic E-state index is 0.632. The lowest BCUT2D eigenvalue weighted by Gasteiger charge is -2.24. The number of nitrogens with zero attached hydrogens (tertiary/aromatic N) is 1. The number of hydrogen-bond donors (Lipinski definition) is 1. The first-order valence-corrected chi connectivity index (χ1v) is 7.25. The standard InChI is InChI=1S/C14H24N2/c1-2-6-11(7-3-1)10-14-15-12-8-4-5-9-13(12)16-14/h11-13H,1-10H2,(H,15,16). The maximum atomic E-state index is 4.91. The minimum Gasteiger partial charge on any atom is -0.369 e. The summed E-state index contributed by atoms with van der Waals surface area (Å²) >= 11 is 0. The first kappa shape index (κ1) is 10.6. The summed E-state index contributed by atoms with van der Waals surface area (Å²) in [6.07, 6.45) is 14.0. The Morgan fingerprint density at radius 2 is 1.69 bits per heavy atom. The molecule has 0 spiro atoms. The Morgan fingerprint density at radius 1 is 0.938 bits per heavy atom. The summed E-state index contributed by atoms with van der Waals surface area (Å²) in [5.74, 6) is 2.28. The fourth-order valence-electron chi connectivity index (χ4n) is 3.66. The van der Waals surface area contributed by atoms with Crippen molar-refractivity contribution in [3.05, 3.63) is 0 Å². The molecule has 0 radical (unpaired) electrons. The molecule has 0 bridgehead atoms. The lowest BCUT2D eigenvalue weighted by Crippen LogP contribution is -2.37. The van der Waals surface area contributed by atoms with Gasteiger partial charge in [-0.1, -0.05) is 44.9 Å². The van der Waals surface area contributed by atoms with Crippen molar-refractivity contribution < 1.29 is 0 Å². The summed E-state index contributed by atoms with van der Waals surface area (Å²) in [6.45, 7) is 0. The van der Waals surface area contributed by atoms with E-state index < -0.39 is 0 Å². The van der Waals surface area contributed by atoms with Crippen molar-refractivity contribution in [1.29, 1.82) is 0 Å². The van der Waals surface area contributed by atoms with Gasteiger partial charge in [0.2, 0.25) is 0 Å². The second-order valence-electron chi connectivity index (χ2n) is 5.89. The second-order valence-corrected chi connectivity index (χ2v) is 5.89. The van der Waals surface area contributed by atoms with E-state index in [-0.39, 0.29) is 0 Å². The minimum atomic E-state index is 0.632. The summed E-state index contributed by atoms with van der Waals surface area (Å²) in [5, 5.41) is 3.69. The van der Waals surface area contributed by atoms with Crippen LogP contribution in [0.5, 0.6) is 0 Å². The van der Waals surface area contributed by atoms with Gasteiger partial charge in [0.15, 0.2) is 0 Å². The average Bonchev–Trinajstić information content (AvgIpc) is 2.72. The molecule has 0 saturated heterocycles. The summed E-state index contributed by atoms with van der Waals surface area (Å²) in [6, 6.07) is 1.33. The van der Waals surface area contributed by atoms with Gasteiger partial charge >= 0.3 is 0 Å². The third-order valence-corrected chi connectivity index (χ3v) is 4.61. The Kier molecular flexibility index (Phi) is 3.16. The monoisotopic (exact) mass is 220 g/mol. The van der Waals surface area contributed by atoms with Crippen LogP contribution in [0.1, 0.15) is 64.2 Å². The van der Waals surface area contributed by atoms with Gasteiger partial charge in [-0.25, -0.2) is 0 Å². The number of aliphatic imine (C=N–C) groups is 1. The van der Waals surface area contributed by atoms with Crippen molar-refractivity contribution >= 4 is 5.84 Å². The van der Waals surface area contributed by atoms with E-state index >= 15 is 0 Å². The van der Waals surface area contributed by atoms with Crippen molar-refractivity contribution in [2.45, 2.75) is 76.3 Å². The van der Waals surface area contributed by atoms with Crippen molar-refractivity contribution in [2.75, 3.05) is 0 Å². The molecule has 2 heteroatoms. The topological polar surface area (TPSA) is 24.4 Å².